The molecule has 0 unspecified atom stereocenters. The van der Waals surface area contributed by atoms with Crippen LogP contribution in [0.25, 0.3) is 0 Å². The first-order valence-electron chi connectivity index (χ1n) is 5.23. The molecule has 0 saturated carbocycles. The predicted octanol–water partition coefficient (Wildman–Crippen LogP) is 0.963. The Morgan fingerprint density at radius 2 is 1.78 bits per heavy atom. The van der Waals surface area contributed by atoms with Crippen LogP contribution in [0.1, 0.15) is 12.0 Å². The van der Waals surface area contributed by atoms with Gasteiger partial charge in [-0.3, -0.25) is 0 Å². The molecule has 1 aromatic carbocycles. The van der Waals surface area contributed by atoms with Gasteiger partial charge in [0.2, 0.25) is 0 Å². The number of hydrogen-bond donors (Lipinski definition) is 2. The van der Waals surface area contributed by atoms with E-state index in [4.69, 9.17) is 10.2 Å². The third-order valence-electron chi connectivity index (χ3n) is 2.29. The number of halogens is 4. The van der Waals surface area contributed by atoms with Crippen molar-refractivity contribution in [3.63, 3.8) is 0 Å². The third-order valence-corrected chi connectivity index (χ3v) is 3.61. The molecular formula is C10H12F4O3Si. The van der Waals surface area contributed by atoms with Crippen LogP contribution in [0.2, 0.25) is 6.04 Å². The Labute approximate surface area is 103 Å². The fourth-order valence-electron chi connectivity index (χ4n) is 1.41. The van der Waals surface area contributed by atoms with E-state index in [1.54, 1.807) is 0 Å². The predicted molar refractivity (Wildman–Crippen MR) is 57.3 cm³/mol. The molecule has 0 saturated heterocycles. The maximum Gasteiger partial charge on any atom is 0.256 e. The van der Waals surface area contributed by atoms with Gasteiger partial charge >= 0.3 is 0 Å². The largest absolute Gasteiger partial charge is 0.379 e. The molecule has 2 N–H and O–H groups in total. The fraction of sp³-hybridized carbons (Fsp3) is 0.400. The normalized spacial score (nSPS) is 11.9. The first kappa shape index (κ1) is 15.1. The molecule has 1 rings (SSSR count). The second-order valence-electron chi connectivity index (χ2n) is 3.61. The first-order valence-corrected chi connectivity index (χ1v) is 6.80. The van der Waals surface area contributed by atoms with Gasteiger partial charge in [0.05, 0.1) is 0 Å². The van der Waals surface area contributed by atoms with E-state index >= 15 is 0 Å². The zero-order chi connectivity index (χ0) is 13.7. The van der Waals surface area contributed by atoms with Gasteiger partial charge in [0, 0.05) is 0 Å². The number of rotatable bonds is 6. The van der Waals surface area contributed by atoms with Crippen molar-refractivity contribution >= 4 is 9.76 Å². The van der Waals surface area contributed by atoms with Crippen LogP contribution in [0, 0.1) is 23.3 Å². The Morgan fingerprint density at radius 3 is 2.39 bits per heavy atom. The Balaban J connectivity index is 2.53. The molecule has 1 aromatic rings. The highest BCUT2D eigenvalue weighted by Crippen LogP contribution is 2.20. The minimum atomic E-state index is -1.82. The molecule has 0 heterocycles. The highest BCUT2D eigenvalue weighted by molar-refractivity contribution is 6.26. The van der Waals surface area contributed by atoms with E-state index in [-0.39, 0.29) is 12.0 Å². The molecule has 0 bridgehead atoms. The molecular weight excluding hydrogens is 272 g/mol. The minimum absolute atomic E-state index is 0.0256. The molecule has 0 aromatic heterocycles. The summed E-state index contributed by atoms with van der Waals surface area (Å²) in [6.45, 7) is -1.82. The quantitative estimate of drug-likeness (QED) is 0.204. The van der Waals surface area contributed by atoms with Crippen molar-refractivity contribution in [2.45, 2.75) is 25.4 Å². The van der Waals surface area contributed by atoms with E-state index in [2.05, 4.69) is 4.43 Å². The lowest BCUT2D eigenvalue weighted by molar-refractivity contribution is -0.180. The summed E-state index contributed by atoms with van der Waals surface area (Å²) in [6, 6.07) is 1.09. The minimum Gasteiger partial charge on any atom is -0.379 e. The summed E-state index contributed by atoms with van der Waals surface area (Å²) in [6.07, 6.45) is 0.387. The van der Waals surface area contributed by atoms with Crippen molar-refractivity contribution in [3.05, 3.63) is 34.9 Å². The molecule has 0 spiro atoms. The summed E-state index contributed by atoms with van der Waals surface area (Å²) in [5.41, 5.74) is -0.245. The van der Waals surface area contributed by atoms with Gasteiger partial charge in [0.1, 0.15) is 0 Å². The first-order chi connectivity index (χ1) is 8.43. The maximum atomic E-state index is 13.2. The maximum absolute atomic E-state index is 13.2. The summed E-state index contributed by atoms with van der Waals surface area (Å²) in [7, 11) is -1.18. The molecule has 102 valence electrons. The molecule has 0 fully saturated rings. The molecule has 0 aliphatic carbocycles. The van der Waals surface area contributed by atoms with Crippen molar-refractivity contribution in [2.75, 3.05) is 0 Å². The topological polar surface area (TPSA) is 49.7 Å². The Bertz CT molecular complexity index is 415. The van der Waals surface area contributed by atoms with Gasteiger partial charge < -0.3 is 14.6 Å². The number of aliphatic hydroxyl groups is 2. The van der Waals surface area contributed by atoms with Gasteiger partial charge in [-0.05, 0) is 30.5 Å². The summed E-state index contributed by atoms with van der Waals surface area (Å²) in [5.74, 6) is -6.46. The highest BCUT2D eigenvalue weighted by atomic mass is 28.2. The summed E-state index contributed by atoms with van der Waals surface area (Å²) in [5, 5.41) is 16.8. The summed E-state index contributed by atoms with van der Waals surface area (Å²) in [4.78, 5) is 0. The van der Waals surface area contributed by atoms with Crippen molar-refractivity contribution in [1.82, 2.24) is 0 Å². The number of benzene rings is 1. The second-order valence-corrected chi connectivity index (χ2v) is 5.06. The van der Waals surface area contributed by atoms with Gasteiger partial charge in [0.25, 0.3) is 6.48 Å². The Hall–Kier alpha value is -0.963. The Morgan fingerprint density at radius 1 is 1.11 bits per heavy atom. The number of hydrogen-bond acceptors (Lipinski definition) is 3. The van der Waals surface area contributed by atoms with Gasteiger partial charge in [-0.2, -0.15) is 0 Å². The van der Waals surface area contributed by atoms with Crippen LogP contribution in [0.15, 0.2) is 6.07 Å². The fourth-order valence-corrected chi connectivity index (χ4v) is 2.24. The van der Waals surface area contributed by atoms with Crippen molar-refractivity contribution in [1.29, 1.82) is 0 Å². The van der Waals surface area contributed by atoms with E-state index in [9.17, 15) is 17.6 Å². The molecule has 0 amide bonds. The SMILES string of the molecule is OC(O)O[SiH2]CCCc1cc(F)c(F)c(F)c1F. The zero-order valence-corrected chi connectivity index (χ0v) is 10.7. The average Bonchev–Trinajstić information content (AvgIpc) is 2.32. The lowest BCUT2D eigenvalue weighted by Gasteiger charge is -2.07. The smallest absolute Gasteiger partial charge is 0.256 e. The lowest BCUT2D eigenvalue weighted by Crippen LogP contribution is -2.13. The van der Waals surface area contributed by atoms with Gasteiger partial charge in [-0.15, -0.1) is 0 Å². The molecule has 0 aliphatic heterocycles. The highest BCUT2D eigenvalue weighted by Gasteiger charge is 2.18. The van der Waals surface area contributed by atoms with E-state index in [1.165, 1.54) is 0 Å². The van der Waals surface area contributed by atoms with Crippen molar-refractivity contribution in [3.8, 4) is 0 Å². The number of aliphatic hydroxyl groups excluding tert-OH is 1. The Kier molecular flexibility index (Phi) is 5.73. The molecule has 8 heteroatoms. The average molecular weight is 284 g/mol. The van der Waals surface area contributed by atoms with Crippen LogP contribution in [0.3, 0.4) is 0 Å². The van der Waals surface area contributed by atoms with Crippen LogP contribution in [0.5, 0.6) is 0 Å². The molecule has 0 radical (unpaired) electrons. The standard InChI is InChI=1S/C10H12F4O3Si/c11-6-4-5(7(12)9(14)8(6)13)2-1-3-18-17-10(15)16/h4,10,15-16H,1-3,18H2. The molecule has 0 atom stereocenters. The van der Waals surface area contributed by atoms with Gasteiger partial charge in [-0.25, -0.2) is 17.6 Å². The third kappa shape index (κ3) is 4.05. The van der Waals surface area contributed by atoms with Crippen LogP contribution in [-0.2, 0) is 10.8 Å². The molecule has 0 aliphatic rings. The van der Waals surface area contributed by atoms with Gasteiger partial charge in [0.15, 0.2) is 33.0 Å². The second kappa shape index (κ2) is 6.83. The van der Waals surface area contributed by atoms with Crippen LogP contribution in [-0.4, -0.2) is 26.5 Å². The molecule has 18 heavy (non-hydrogen) atoms. The van der Waals surface area contributed by atoms with Crippen molar-refractivity contribution in [2.24, 2.45) is 0 Å². The van der Waals surface area contributed by atoms with Gasteiger partial charge in [-0.1, -0.05) is 0 Å². The van der Waals surface area contributed by atoms with E-state index in [1.807, 2.05) is 0 Å². The van der Waals surface area contributed by atoms with E-state index in [0.717, 1.165) is 0 Å². The summed E-state index contributed by atoms with van der Waals surface area (Å²) >= 11 is 0. The van der Waals surface area contributed by atoms with Crippen LogP contribution < -0.4 is 0 Å². The number of aryl methyl sites for hydroxylation is 1. The van der Waals surface area contributed by atoms with Crippen LogP contribution in [0.4, 0.5) is 17.6 Å². The lowest BCUT2D eigenvalue weighted by atomic mass is 10.1. The summed E-state index contributed by atoms with van der Waals surface area (Å²) < 4.78 is 56.1. The zero-order valence-electron chi connectivity index (χ0n) is 9.30. The van der Waals surface area contributed by atoms with E-state index < -0.39 is 39.5 Å². The van der Waals surface area contributed by atoms with E-state index in [0.29, 0.717) is 18.5 Å². The molecule has 3 nitrogen and oxygen atoms in total. The van der Waals surface area contributed by atoms with Crippen LogP contribution >= 0.6 is 0 Å². The monoisotopic (exact) mass is 284 g/mol. The van der Waals surface area contributed by atoms with Crippen molar-refractivity contribution < 1.29 is 32.2 Å².